The van der Waals surface area contributed by atoms with E-state index in [9.17, 15) is 15.0 Å². The summed E-state index contributed by atoms with van der Waals surface area (Å²) in [5.74, 6) is 0.163. The van der Waals surface area contributed by atoms with Crippen molar-refractivity contribution >= 4 is 5.97 Å². The minimum absolute atomic E-state index is 0.0304. The molecule has 4 aromatic rings. The number of carboxylic acids is 1. The first-order valence-electron chi connectivity index (χ1n) is 11.2. The molecule has 0 bridgehead atoms. The Hall–Kier alpha value is -3.85. The Kier molecular flexibility index (Phi) is 6.30. The molecule has 0 atom stereocenters. The van der Waals surface area contributed by atoms with E-state index >= 15 is 0 Å². The smallest absolute Gasteiger partial charge is 0.354 e. The number of aromatic carboxylic acids is 1. The third-order valence-corrected chi connectivity index (χ3v) is 5.62. The summed E-state index contributed by atoms with van der Waals surface area (Å²) in [5, 5.41) is 31.9. The molecule has 9 nitrogen and oxygen atoms in total. The van der Waals surface area contributed by atoms with Crippen LogP contribution in [0.4, 0.5) is 0 Å². The Balaban J connectivity index is 1.70. The first-order chi connectivity index (χ1) is 16.2. The number of aliphatic hydroxyl groups is 1. The molecule has 9 heteroatoms. The van der Waals surface area contributed by atoms with Crippen LogP contribution in [0.15, 0.2) is 48.5 Å². The predicted molar refractivity (Wildman–Crippen MR) is 126 cm³/mol. The fourth-order valence-electron chi connectivity index (χ4n) is 4.05. The summed E-state index contributed by atoms with van der Waals surface area (Å²) in [6, 6.07) is 15.9. The van der Waals surface area contributed by atoms with Gasteiger partial charge in [-0.2, -0.15) is 0 Å². The van der Waals surface area contributed by atoms with Crippen molar-refractivity contribution in [2.45, 2.75) is 45.8 Å². The Morgan fingerprint density at radius 3 is 2.35 bits per heavy atom. The van der Waals surface area contributed by atoms with Gasteiger partial charge in [-0.3, -0.25) is 0 Å². The fraction of sp³-hybridized carbons (Fsp3) is 0.320. The molecule has 0 saturated carbocycles. The number of carboxylic acid groups (broad SMARTS) is 1. The summed E-state index contributed by atoms with van der Waals surface area (Å²) < 4.78 is 1.70. The SMILES string of the molecule is CCCc1nc(C(C)(C)O)c(C(=O)O)n1Cc1ccc(-c2ccccc2-c2n[nH][n+](C)n2)cc1. The maximum atomic E-state index is 12.1. The number of hydrogen-bond donors (Lipinski definition) is 3. The molecule has 0 unspecified atom stereocenters. The third kappa shape index (κ3) is 4.60. The van der Waals surface area contributed by atoms with Gasteiger partial charge in [0.25, 0.3) is 0 Å². The lowest BCUT2D eigenvalue weighted by Gasteiger charge is -2.16. The van der Waals surface area contributed by atoms with Gasteiger partial charge in [0.05, 0.1) is 10.7 Å². The number of aromatic nitrogens is 6. The Morgan fingerprint density at radius 1 is 1.12 bits per heavy atom. The van der Waals surface area contributed by atoms with Gasteiger partial charge in [0.15, 0.2) is 5.69 Å². The molecule has 2 aromatic heterocycles. The normalized spacial score (nSPS) is 11.7. The molecule has 0 aliphatic heterocycles. The van der Waals surface area contributed by atoms with Gasteiger partial charge < -0.3 is 14.8 Å². The van der Waals surface area contributed by atoms with E-state index in [-0.39, 0.29) is 11.4 Å². The molecule has 3 N–H and O–H groups in total. The van der Waals surface area contributed by atoms with Crippen molar-refractivity contribution in [3.63, 3.8) is 0 Å². The van der Waals surface area contributed by atoms with Crippen LogP contribution >= 0.6 is 0 Å². The van der Waals surface area contributed by atoms with E-state index in [2.05, 4.69) is 20.4 Å². The second-order valence-electron chi connectivity index (χ2n) is 8.83. The average molecular weight is 462 g/mol. The Morgan fingerprint density at radius 2 is 1.79 bits per heavy atom. The van der Waals surface area contributed by atoms with Crippen LogP contribution in [-0.4, -0.2) is 41.1 Å². The number of carbonyl (C=O) groups is 1. The van der Waals surface area contributed by atoms with Crippen molar-refractivity contribution in [1.29, 1.82) is 0 Å². The van der Waals surface area contributed by atoms with Crippen molar-refractivity contribution in [2.75, 3.05) is 0 Å². The highest BCUT2D eigenvalue weighted by Crippen LogP contribution is 2.30. The number of tetrazole rings is 1. The van der Waals surface area contributed by atoms with E-state index in [1.807, 2.05) is 55.5 Å². The molecule has 2 aromatic carbocycles. The van der Waals surface area contributed by atoms with E-state index in [4.69, 9.17) is 0 Å². The summed E-state index contributed by atoms with van der Waals surface area (Å²) in [6.07, 6.45) is 1.44. The number of hydrogen-bond acceptors (Lipinski definition) is 5. The molecule has 0 spiro atoms. The van der Waals surface area contributed by atoms with Crippen LogP contribution in [0.3, 0.4) is 0 Å². The molecular weight excluding hydrogens is 432 g/mol. The summed E-state index contributed by atoms with van der Waals surface area (Å²) in [5.41, 5.74) is 2.71. The zero-order valence-electron chi connectivity index (χ0n) is 19.8. The van der Waals surface area contributed by atoms with Gasteiger partial charge >= 0.3 is 11.8 Å². The predicted octanol–water partition coefficient (Wildman–Crippen LogP) is 3.09. The van der Waals surface area contributed by atoms with Crippen molar-refractivity contribution in [1.82, 2.24) is 25.0 Å². The zero-order chi connectivity index (χ0) is 24.5. The van der Waals surface area contributed by atoms with Gasteiger partial charge in [-0.15, -0.1) is 0 Å². The van der Waals surface area contributed by atoms with Crippen LogP contribution in [0, 0.1) is 0 Å². The topological polar surface area (TPSA) is 121 Å². The molecule has 176 valence electrons. The fourth-order valence-corrected chi connectivity index (χ4v) is 4.05. The quantitative estimate of drug-likeness (QED) is 0.347. The number of rotatable bonds is 8. The molecule has 0 amide bonds. The van der Waals surface area contributed by atoms with Crippen LogP contribution in [0.5, 0.6) is 0 Å². The lowest BCUT2D eigenvalue weighted by Crippen LogP contribution is -2.33. The maximum Gasteiger partial charge on any atom is 0.354 e. The molecule has 34 heavy (non-hydrogen) atoms. The van der Waals surface area contributed by atoms with E-state index in [1.54, 1.807) is 30.3 Å². The molecule has 0 aliphatic rings. The summed E-state index contributed by atoms with van der Waals surface area (Å²) in [7, 11) is 1.78. The average Bonchev–Trinajstić information content (AvgIpc) is 3.38. The maximum absolute atomic E-state index is 12.1. The molecule has 0 fully saturated rings. The number of H-pyrrole nitrogens is 1. The first-order valence-corrected chi connectivity index (χ1v) is 11.2. The molecule has 4 rings (SSSR count). The van der Waals surface area contributed by atoms with Crippen LogP contribution < -0.4 is 4.80 Å². The van der Waals surface area contributed by atoms with Crippen LogP contribution in [0.2, 0.25) is 0 Å². The van der Waals surface area contributed by atoms with Crippen LogP contribution in [0.25, 0.3) is 22.5 Å². The number of benzene rings is 2. The summed E-state index contributed by atoms with van der Waals surface area (Å²) in [4.78, 5) is 18.2. The number of aromatic amines is 1. The van der Waals surface area contributed by atoms with Crippen LogP contribution in [-0.2, 0) is 25.6 Å². The summed E-state index contributed by atoms with van der Waals surface area (Å²) >= 11 is 0. The van der Waals surface area contributed by atoms with Gasteiger partial charge in [0.2, 0.25) is 0 Å². The second-order valence-corrected chi connectivity index (χ2v) is 8.83. The van der Waals surface area contributed by atoms with Gasteiger partial charge in [-0.05, 0) is 53.3 Å². The molecule has 0 radical (unpaired) electrons. The lowest BCUT2D eigenvalue weighted by atomic mass is 9.98. The molecular formula is C25H29N6O3+. The van der Waals surface area contributed by atoms with E-state index in [1.165, 1.54) is 0 Å². The second kappa shape index (κ2) is 9.18. The molecule has 2 heterocycles. The molecule has 0 aliphatic carbocycles. The van der Waals surface area contributed by atoms with E-state index in [0.29, 0.717) is 24.6 Å². The number of nitrogens with zero attached hydrogens (tertiary/aromatic N) is 5. The van der Waals surface area contributed by atoms with E-state index in [0.717, 1.165) is 28.7 Å². The number of aryl methyl sites for hydroxylation is 2. The highest BCUT2D eigenvalue weighted by Gasteiger charge is 2.31. The summed E-state index contributed by atoms with van der Waals surface area (Å²) in [6.45, 7) is 5.48. The first kappa shape index (κ1) is 23.3. The van der Waals surface area contributed by atoms with Crippen LogP contribution in [0.1, 0.15) is 54.8 Å². The minimum atomic E-state index is -1.36. The van der Waals surface area contributed by atoms with Crippen molar-refractivity contribution < 1.29 is 19.8 Å². The molecule has 0 saturated heterocycles. The largest absolute Gasteiger partial charge is 0.477 e. The van der Waals surface area contributed by atoms with Crippen molar-refractivity contribution in [3.8, 4) is 22.5 Å². The number of imidazole rings is 1. The van der Waals surface area contributed by atoms with Gasteiger partial charge in [0, 0.05) is 13.0 Å². The monoisotopic (exact) mass is 461 g/mol. The third-order valence-electron chi connectivity index (χ3n) is 5.62. The standard InChI is InChI=1S/C25H28N6O3/c1-5-8-20-26-22(25(2,3)34)21(24(32)33)31(20)15-16-11-13-17(14-12-16)18-9-6-7-10-19(18)23-27-29-30(4)28-23/h6-7,9-14,34H,5,8,15H2,1-4H3,(H,32,33)/p+1. The lowest BCUT2D eigenvalue weighted by molar-refractivity contribution is -0.783. The highest BCUT2D eigenvalue weighted by atomic mass is 16.4. The zero-order valence-corrected chi connectivity index (χ0v) is 19.8. The van der Waals surface area contributed by atoms with E-state index < -0.39 is 11.6 Å². The number of nitrogens with one attached hydrogen (secondary N) is 1. The van der Waals surface area contributed by atoms with Gasteiger partial charge in [0.1, 0.15) is 24.2 Å². The minimum Gasteiger partial charge on any atom is -0.477 e. The van der Waals surface area contributed by atoms with Crippen molar-refractivity contribution in [3.05, 3.63) is 71.3 Å². The Labute approximate surface area is 197 Å². The van der Waals surface area contributed by atoms with Gasteiger partial charge in [-0.25, -0.2) is 9.78 Å². The Bertz CT molecular complexity index is 1320. The van der Waals surface area contributed by atoms with Crippen molar-refractivity contribution in [2.24, 2.45) is 7.05 Å². The highest BCUT2D eigenvalue weighted by molar-refractivity contribution is 5.87. The van der Waals surface area contributed by atoms with Gasteiger partial charge in [-0.1, -0.05) is 54.2 Å².